The highest BCUT2D eigenvalue weighted by molar-refractivity contribution is 9.10. The van der Waals surface area contributed by atoms with Crippen LogP contribution in [-0.4, -0.2) is 55.3 Å². The molecule has 0 aliphatic carbocycles. The molecule has 0 saturated carbocycles. The molecule has 0 N–H and O–H groups in total. The molecule has 7 heteroatoms. The van der Waals surface area contributed by atoms with Gasteiger partial charge in [-0.25, -0.2) is 4.79 Å². The van der Waals surface area contributed by atoms with Gasteiger partial charge in [0.05, 0.1) is 20.3 Å². The van der Waals surface area contributed by atoms with Crippen LogP contribution in [0.1, 0.15) is 26.3 Å². The molecule has 1 unspecified atom stereocenters. The number of hydrogen-bond donors (Lipinski definition) is 0. The van der Waals surface area contributed by atoms with Crippen molar-refractivity contribution < 1.29 is 23.8 Å². The maximum absolute atomic E-state index is 12.8. The summed E-state index contributed by atoms with van der Waals surface area (Å²) < 4.78 is 17.0. The molecular weight excluding hydrogens is 390 g/mol. The molecule has 0 aromatic heterocycles. The molecule has 1 saturated heterocycles. The molecule has 0 bridgehead atoms. The van der Waals surface area contributed by atoms with Crippen LogP contribution >= 0.6 is 15.9 Å². The lowest BCUT2D eigenvalue weighted by Gasteiger charge is -2.35. The van der Waals surface area contributed by atoms with Crippen molar-refractivity contribution in [1.29, 1.82) is 0 Å². The number of benzene rings is 1. The monoisotopic (exact) mass is 413 g/mol. The van der Waals surface area contributed by atoms with Gasteiger partial charge in [-0.1, -0.05) is 15.9 Å². The minimum absolute atomic E-state index is 0.109. The van der Waals surface area contributed by atoms with Crippen LogP contribution in [0, 0.1) is 0 Å². The summed E-state index contributed by atoms with van der Waals surface area (Å²) >= 11 is 3.40. The van der Waals surface area contributed by atoms with Gasteiger partial charge in [0.2, 0.25) is 0 Å². The highest BCUT2D eigenvalue weighted by Gasteiger charge is 2.35. The van der Waals surface area contributed by atoms with Gasteiger partial charge in [0, 0.05) is 23.0 Å². The average Bonchev–Trinajstić information content (AvgIpc) is 2.53. The maximum Gasteiger partial charge on any atom is 0.411 e. The summed E-state index contributed by atoms with van der Waals surface area (Å²) in [4.78, 5) is 26.7. The Hall–Kier alpha value is -1.60. The zero-order chi connectivity index (χ0) is 18.6. The van der Waals surface area contributed by atoms with E-state index in [-0.39, 0.29) is 18.8 Å². The van der Waals surface area contributed by atoms with E-state index in [0.29, 0.717) is 18.9 Å². The zero-order valence-corrected chi connectivity index (χ0v) is 16.6. The van der Waals surface area contributed by atoms with E-state index >= 15 is 0 Å². The van der Waals surface area contributed by atoms with Crippen molar-refractivity contribution in [2.75, 3.05) is 26.9 Å². The molecule has 1 aliphatic rings. The molecule has 6 nitrogen and oxygen atoms in total. The van der Waals surface area contributed by atoms with E-state index in [9.17, 15) is 9.59 Å². The van der Waals surface area contributed by atoms with E-state index in [0.717, 1.165) is 10.0 Å². The van der Waals surface area contributed by atoms with E-state index in [1.54, 1.807) is 33.9 Å². The molecule has 138 valence electrons. The fraction of sp³-hybridized carbons (Fsp3) is 0.556. The summed E-state index contributed by atoms with van der Waals surface area (Å²) in [7, 11) is 1.56. The second kappa shape index (κ2) is 8.19. The van der Waals surface area contributed by atoms with Crippen LogP contribution in [-0.2, 0) is 20.7 Å². The number of Topliss-reactive ketones (excluding diaryl/α,β-unsaturated/α-hetero) is 1. The van der Waals surface area contributed by atoms with E-state index < -0.39 is 17.7 Å². The molecule has 1 amide bonds. The van der Waals surface area contributed by atoms with Gasteiger partial charge in [0.1, 0.15) is 17.4 Å². The number of ether oxygens (including phenoxy) is 3. The normalized spacial score (nSPS) is 18.0. The molecule has 1 fully saturated rings. The quantitative estimate of drug-likeness (QED) is 0.757. The van der Waals surface area contributed by atoms with Gasteiger partial charge < -0.3 is 14.2 Å². The fourth-order valence-corrected chi connectivity index (χ4v) is 3.01. The van der Waals surface area contributed by atoms with Gasteiger partial charge in [-0.2, -0.15) is 0 Å². The second-order valence-corrected chi connectivity index (χ2v) is 7.78. The Kier molecular flexibility index (Phi) is 6.46. The van der Waals surface area contributed by atoms with Crippen LogP contribution in [0.4, 0.5) is 4.79 Å². The van der Waals surface area contributed by atoms with Crippen molar-refractivity contribution in [2.45, 2.75) is 38.8 Å². The fourth-order valence-electron chi connectivity index (χ4n) is 2.60. The van der Waals surface area contributed by atoms with Gasteiger partial charge in [-0.3, -0.25) is 9.69 Å². The minimum Gasteiger partial charge on any atom is -0.496 e. The van der Waals surface area contributed by atoms with Gasteiger partial charge >= 0.3 is 6.09 Å². The summed E-state index contributed by atoms with van der Waals surface area (Å²) in [6.45, 7) is 6.30. The third-order valence-electron chi connectivity index (χ3n) is 3.74. The number of ketones is 1. The Morgan fingerprint density at radius 1 is 1.36 bits per heavy atom. The number of methoxy groups -OCH3 is 1. The Labute approximate surface area is 156 Å². The largest absolute Gasteiger partial charge is 0.496 e. The number of rotatable bonds is 4. The first-order valence-corrected chi connectivity index (χ1v) is 8.93. The second-order valence-electron chi connectivity index (χ2n) is 6.86. The van der Waals surface area contributed by atoms with Crippen molar-refractivity contribution in [3.63, 3.8) is 0 Å². The van der Waals surface area contributed by atoms with E-state index in [1.165, 1.54) is 4.90 Å². The molecular formula is C18H24BrNO5. The first kappa shape index (κ1) is 19.7. The Morgan fingerprint density at radius 2 is 2.08 bits per heavy atom. The third kappa shape index (κ3) is 5.44. The molecule has 0 radical (unpaired) electrons. The van der Waals surface area contributed by atoms with Crippen molar-refractivity contribution in [3.05, 3.63) is 28.2 Å². The molecule has 1 heterocycles. The topological polar surface area (TPSA) is 65.1 Å². The summed E-state index contributed by atoms with van der Waals surface area (Å²) in [5.41, 5.74) is 0.146. The number of hydrogen-bond acceptors (Lipinski definition) is 5. The predicted octanol–water partition coefficient (Wildman–Crippen LogP) is 3.21. The lowest BCUT2D eigenvalue weighted by Crippen LogP contribution is -2.54. The van der Waals surface area contributed by atoms with Crippen LogP contribution in [0.3, 0.4) is 0 Å². The highest BCUT2D eigenvalue weighted by Crippen LogP contribution is 2.25. The lowest BCUT2D eigenvalue weighted by molar-refractivity contribution is -0.129. The molecule has 1 aromatic rings. The number of amides is 1. The first-order chi connectivity index (χ1) is 11.7. The number of carbonyl (C=O) groups excluding carboxylic acids is 2. The molecule has 0 spiro atoms. The van der Waals surface area contributed by atoms with Gasteiger partial charge in [-0.15, -0.1) is 0 Å². The minimum atomic E-state index is -0.660. The predicted molar refractivity (Wildman–Crippen MR) is 97.0 cm³/mol. The van der Waals surface area contributed by atoms with E-state index in [4.69, 9.17) is 14.2 Å². The standard InChI is InChI=1S/C18H24BrNO5/c1-18(2,3)25-17(22)20-7-8-24-11-14(20)15(21)10-12-9-13(19)5-6-16(12)23-4/h5-6,9,14H,7-8,10-11H2,1-4H3. The highest BCUT2D eigenvalue weighted by atomic mass is 79.9. The van der Waals surface area contributed by atoms with E-state index in [1.807, 2.05) is 12.1 Å². The van der Waals surface area contributed by atoms with Crippen LogP contribution in [0.2, 0.25) is 0 Å². The van der Waals surface area contributed by atoms with Crippen LogP contribution < -0.4 is 4.74 Å². The first-order valence-electron chi connectivity index (χ1n) is 8.14. The van der Waals surface area contributed by atoms with Crippen LogP contribution in [0.25, 0.3) is 0 Å². The number of morpholine rings is 1. The van der Waals surface area contributed by atoms with Gasteiger partial charge in [-0.05, 0) is 39.0 Å². The molecule has 25 heavy (non-hydrogen) atoms. The summed E-state index contributed by atoms with van der Waals surface area (Å²) in [5.74, 6) is 0.527. The van der Waals surface area contributed by atoms with Crippen molar-refractivity contribution in [2.24, 2.45) is 0 Å². The Balaban J connectivity index is 2.15. The third-order valence-corrected chi connectivity index (χ3v) is 4.23. The summed E-state index contributed by atoms with van der Waals surface area (Å²) in [6.07, 6.45) is -0.342. The van der Waals surface area contributed by atoms with Crippen molar-refractivity contribution in [3.8, 4) is 5.75 Å². The Bertz CT molecular complexity index is 641. The average molecular weight is 414 g/mol. The van der Waals surface area contributed by atoms with Gasteiger partial charge in [0.25, 0.3) is 0 Å². The van der Waals surface area contributed by atoms with Crippen LogP contribution in [0.15, 0.2) is 22.7 Å². The van der Waals surface area contributed by atoms with E-state index in [2.05, 4.69) is 15.9 Å². The SMILES string of the molecule is COc1ccc(Br)cc1CC(=O)C1COCCN1C(=O)OC(C)(C)C. The molecule has 1 aromatic carbocycles. The maximum atomic E-state index is 12.8. The summed E-state index contributed by atoms with van der Waals surface area (Å²) in [6, 6.07) is 4.84. The Morgan fingerprint density at radius 3 is 2.72 bits per heavy atom. The molecule has 1 atom stereocenters. The zero-order valence-electron chi connectivity index (χ0n) is 15.0. The number of carbonyl (C=O) groups is 2. The van der Waals surface area contributed by atoms with Crippen LogP contribution in [0.5, 0.6) is 5.75 Å². The lowest BCUT2D eigenvalue weighted by atomic mass is 10.0. The molecule has 2 rings (SSSR count). The summed E-state index contributed by atoms with van der Waals surface area (Å²) in [5, 5.41) is 0. The smallest absolute Gasteiger partial charge is 0.411 e. The van der Waals surface area contributed by atoms with Crippen molar-refractivity contribution >= 4 is 27.8 Å². The van der Waals surface area contributed by atoms with Crippen molar-refractivity contribution in [1.82, 2.24) is 4.90 Å². The number of nitrogens with zero attached hydrogens (tertiary/aromatic N) is 1. The number of halogens is 1. The molecule has 1 aliphatic heterocycles. The van der Waals surface area contributed by atoms with Gasteiger partial charge in [0.15, 0.2) is 5.78 Å².